The van der Waals surface area contributed by atoms with Crippen molar-refractivity contribution in [3.63, 3.8) is 0 Å². The number of barbiturate groups is 1. The van der Waals surface area contributed by atoms with Crippen LogP contribution < -0.4 is 15.1 Å². The molecular formula is C22H21N3O3. The fourth-order valence-electron chi connectivity index (χ4n) is 5.01. The molecule has 142 valence electrons. The van der Waals surface area contributed by atoms with Crippen molar-refractivity contribution in [2.24, 2.45) is 5.41 Å². The fourth-order valence-corrected chi connectivity index (χ4v) is 5.01. The number of fused-ring (bicyclic) bond motifs is 4. The summed E-state index contributed by atoms with van der Waals surface area (Å²) in [4.78, 5) is 43.0. The molecule has 3 aliphatic rings. The summed E-state index contributed by atoms with van der Waals surface area (Å²) in [7, 11) is 0. The Balaban J connectivity index is 1.67. The summed E-state index contributed by atoms with van der Waals surface area (Å²) in [6.45, 7) is 0.809. The molecule has 2 aromatic carbocycles. The first-order chi connectivity index (χ1) is 13.6. The van der Waals surface area contributed by atoms with E-state index in [1.807, 2.05) is 24.3 Å². The van der Waals surface area contributed by atoms with Gasteiger partial charge in [0.25, 0.3) is 5.91 Å². The van der Waals surface area contributed by atoms with Gasteiger partial charge >= 0.3 is 6.03 Å². The Hall–Kier alpha value is -3.15. The average Bonchev–Trinajstić information content (AvgIpc) is 2.73. The summed E-state index contributed by atoms with van der Waals surface area (Å²) in [6.07, 6.45) is 3.05. The summed E-state index contributed by atoms with van der Waals surface area (Å²) >= 11 is 0. The topological polar surface area (TPSA) is 69.7 Å². The number of imide groups is 2. The van der Waals surface area contributed by atoms with Crippen LogP contribution in [-0.2, 0) is 16.0 Å². The number of amides is 4. The molecular weight excluding hydrogens is 354 g/mol. The van der Waals surface area contributed by atoms with Crippen molar-refractivity contribution in [1.82, 2.24) is 5.32 Å². The third-order valence-electron chi connectivity index (χ3n) is 6.27. The van der Waals surface area contributed by atoms with Gasteiger partial charge in [-0.3, -0.25) is 14.9 Å². The number of nitrogens with zero attached hydrogens (tertiary/aromatic N) is 2. The maximum atomic E-state index is 13.8. The van der Waals surface area contributed by atoms with E-state index in [4.69, 9.17) is 0 Å². The van der Waals surface area contributed by atoms with Crippen molar-refractivity contribution in [2.75, 3.05) is 16.3 Å². The van der Waals surface area contributed by atoms with Gasteiger partial charge in [-0.05, 0) is 49.4 Å². The Morgan fingerprint density at radius 1 is 0.929 bits per heavy atom. The minimum absolute atomic E-state index is 0.247. The van der Waals surface area contributed by atoms with Gasteiger partial charge in [0.1, 0.15) is 0 Å². The van der Waals surface area contributed by atoms with Crippen LogP contribution in [0.1, 0.15) is 24.8 Å². The molecule has 0 saturated carbocycles. The lowest BCUT2D eigenvalue weighted by Gasteiger charge is -2.53. The number of hydrogen-bond acceptors (Lipinski definition) is 4. The lowest BCUT2D eigenvalue weighted by molar-refractivity contribution is -0.145. The second kappa shape index (κ2) is 6.19. The molecule has 5 rings (SSSR count). The van der Waals surface area contributed by atoms with Gasteiger partial charge in [-0.15, -0.1) is 0 Å². The molecule has 0 aromatic heterocycles. The molecule has 6 heteroatoms. The Bertz CT molecular complexity index is 974. The zero-order chi connectivity index (χ0) is 19.3. The number of nitrogens with one attached hydrogen (secondary N) is 1. The first-order valence-electron chi connectivity index (χ1n) is 9.72. The fraction of sp³-hybridized carbons (Fsp3) is 0.318. The van der Waals surface area contributed by atoms with E-state index in [2.05, 4.69) is 16.3 Å². The maximum Gasteiger partial charge on any atom is 0.335 e. The summed E-state index contributed by atoms with van der Waals surface area (Å²) in [5, 5.41) is 2.48. The molecule has 0 unspecified atom stereocenters. The van der Waals surface area contributed by atoms with E-state index in [1.165, 1.54) is 0 Å². The Labute approximate surface area is 163 Å². The van der Waals surface area contributed by atoms with Crippen molar-refractivity contribution in [1.29, 1.82) is 0 Å². The SMILES string of the molecule is O=C1NC(=O)[C@@]2(Cc3ccccc3N3CCCC[C@@H]32)C(=O)N1c1ccccc1. The standard InChI is InChI=1S/C22H21N3O3/c26-19-22(20(27)25(21(28)23-19)16-9-2-1-3-10-16)14-15-8-4-5-11-17(15)24-13-7-6-12-18(22)24/h1-5,8-11,18H,6-7,12-14H2,(H,23,26,28)/t18-,22+/m1/s1. The Kier molecular flexibility index (Phi) is 3.75. The second-order valence-electron chi connectivity index (χ2n) is 7.72. The highest BCUT2D eigenvalue weighted by atomic mass is 16.2. The number of para-hydroxylation sites is 2. The molecule has 1 spiro atoms. The van der Waals surface area contributed by atoms with E-state index in [-0.39, 0.29) is 6.04 Å². The van der Waals surface area contributed by atoms with Gasteiger partial charge in [0.2, 0.25) is 5.91 Å². The predicted molar refractivity (Wildman–Crippen MR) is 105 cm³/mol. The summed E-state index contributed by atoms with van der Waals surface area (Å²) in [6, 6.07) is 15.9. The first-order valence-corrected chi connectivity index (χ1v) is 9.72. The molecule has 28 heavy (non-hydrogen) atoms. The lowest BCUT2D eigenvalue weighted by atomic mass is 9.66. The smallest absolute Gasteiger partial charge is 0.335 e. The van der Waals surface area contributed by atoms with Gasteiger partial charge in [0.15, 0.2) is 5.41 Å². The highest BCUT2D eigenvalue weighted by Crippen LogP contribution is 2.47. The molecule has 2 atom stereocenters. The highest BCUT2D eigenvalue weighted by Gasteiger charge is 2.62. The molecule has 2 fully saturated rings. The van der Waals surface area contributed by atoms with Crippen LogP contribution in [0.2, 0.25) is 0 Å². The third-order valence-corrected chi connectivity index (χ3v) is 6.27. The van der Waals surface area contributed by atoms with Crippen LogP contribution in [0.5, 0.6) is 0 Å². The quantitative estimate of drug-likeness (QED) is 0.778. The summed E-state index contributed by atoms with van der Waals surface area (Å²) in [5.74, 6) is -0.889. The van der Waals surface area contributed by atoms with E-state index < -0.39 is 23.3 Å². The number of piperidine rings is 1. The number of rotatable bonds is 1. The van der Waals surface area contributed by atoms with Crippen molar-refractivity contribution in [3.8, 4) is 0 Å². The molecule has 6 nitrogen and oxygen atoms in total. The number of hydrogen-bond donors (Lipinski definition) is 1. The van der Waals surface area contributed by atoms with Crippen LogP contribution in [0.3, 0.4) is 0 Å². The zero-order valence-electron chi connectivity index (χ0n) is 15.4. The van der Waals surface area contributed by atoms with Crippen LogP contribution in [0.25, 0.3) is 0 Å². The monoisotopic (exact) mass is 375 g/mol. The van der Waals surface area contributed by atoms with Crippen LogP contribution >= 0.6 is 0 Å². The molecule has 2 aromatic rings. The molecule has 1 N–H and O–H groups in total. The van der Waals surface area contributed by atoms with Gasteiger partial charge in [0.05, 0.1) is 11.7 Å². The highest BCUT2D eigenvalue weighted by molar-refractivity contribution is 6.30. The zero-order valence-corrected chi connectivity index (χ0v) is 15.4. The Morgan fingerprint density at radius 3 is 2.50 bits per heavy atom. The average molecular weight is 375 g/mol. The van der Waals surface area contributed by atoms with Crippen molar-refractivity contribution in [2.45, 2.75) is 31.7 Å². The minimum atomic E-state index is -1.29. The van der Waals surface area contributed by atoms with Gasteiger partial charge in [-0.2, -0.15) is 0 Å². The number of carbonyl (C=O) groups is 3. The lowest BCUT2D eigenvalue weighted by Crippen LogP contribution is -2.72. The van der Waals surface area contributed by atoms with E-state index in [0.717, 1.165) is 42.0 Å². The van der Waals surface area contributed by atoms with E-state index >= 15 is 0 Å². The molecule has 0 bridgehead atoms. The number of carbonyl (C=O) groups excluding carboxylic acids is 3. The van der Waals surface area contributed by atoms with Crippen LogP contribution in [0.4, 0.5) is 16.2 Å². The van der Waals surface area contributed by atoms with E-state index in [9.17, 15) is 14.4 Å². The molecule has 3 heterocycles. The first kappa shape index (κ1) is 17.0. The summed E-state index contributed by atoms with van der Waals surface area (Å²) in [5.41, 5.74) is 1.27. The number of urea groups is 1. The largest absolute Gasteiger partial charge is 0.367 e. The van der Waals surface area contributed by atoms with Crippen molar-refractivity contribution >= 4 is 29.2 Å². The van der Waals surface area contributed by atoms with Gasteiger partial charge in [0, 0.05) is 12.2 Å². The Morgan fingerprint density at radius 2 is 1.68 bits per heavy atom. The molecule has 4 amide bonds. The van der Waals surface area contributed by atoms with Crippen LogP contribution in [0.15, 0.2) is 54.6 Å². The number of benzene rings is 2. The number of anilines is 2. The third kappa shape index (κ3) is 2.24. The predicted octanol–water partition coefficient (Wildman–Crippen LogP) is 2.87. The second-order valence-corrected chi connectivity index (χ2v) is 7.72. The minimum Gasteiger partial charge on any atom is -0.367 e. The molecule has 0 radical (unpaired) electrons. The molecule has 3 aliphatic heterocycles. The van der Waals surface area contributed by atoms with E-state index in [0.29, 0.717) is 12.1 Å². The maximum absolute atomic E-state index is 13.8. The van der Waals surface area contributed by atoms with Crippen molar-refractivity contribution in [3.05, 3.63) is 60.2 Å². The van der Waals surface area contributed by atoms with Crippen LogP contribution in [-0.4, -0.2) is 30.4 Å². The van der Waals surface area contributed by atoms with Gasteiger partial charge in [-0.1, -0.05) is 36.4 Å². The molecule has 2 saturated heterocycles. The van der Waals surface area contributed by atoms with Crippen molar-refractivity contribution < 1.29 is 14.4 Å². The van der Waals surface area contributed by atoms with Gasteiger partial charge in [-0.25, -0.2) is 9.69 Å². The van der Waals surface area contributed by atoms with Gasteiger partial charge < -0.3 is 4.90 Å². The molecule has 0 aliphatic carbocycles. The van der Waals surface area contributed by atoms with Crippen LogP contribution in [0, 0.1) is 5.41 Å². The summed E-state index contributed by atoms with van der Waals surface area (Å²) < 4.78 is 0. The van der Waals surface area contributed by atoms with E-state index in [1.54, 1.807) is 24.3 Å². The normalized spacial score (nSPS) is 26.7.